The van der Waals surface area contributed by atoms with E-state index in [1.165, 1.54) is 21.3 Å². The van der Waals surface area contributed by atoms with Crippen LogP contribution in [0, 0.1) is 0 Å². The predicted octanol–water partition coefficient (Wildman–Crippen LogP) is 6.40. The van der Waals surface area contributed by atoms with Crippen LogP contribution in [0.2, 0.25) is 0 Å². The van der Waals surface area contributed by atoms with Crippen molar-refractivity contribution in [3.63, 3.8) is 0 Å². The van der Waals surface area contributed by atoms with E-state index in [9.17, 15) is 9.59 Å². The van der Waals surface area contributed by atoms with Gasteiger partial charge < -0.3 is 42.8 Å². The van der Waals surface area contributed by atoms with Crippen LogP contribution in [0.15, 0.2) is 67.3 Å². The van der Waals surface area contributed by atoms with Crippen molar-refractivity contribution in [1.29, 1.82) is 0 Å². The molecule has 0 radical (unpaired) electrons. The highest BCUT2D eigenvalue weighted by Gasteiger charge is 2.38. The molecule has 0 N–H and O–H groups in total. The summed E-state index contributed by atoms with van der Waals surface area (Å²) < 4.78 is 45.8. The minimum atomic E-state index is -0.757. The van der Waals surface area contributed by atoms with Crippen LogP contribution in [-0.2, 0) is 25.5 Å². The van der Waals surface area contributed by atoms with Gasteiger partial charge >= 0.3 is 5.97 Å². The van der Waals surface area contributed by atoms with Gasteiger partial charge in [-0.2, -0.15) is 0 Å². The second-order valence-electron chi connectivity index (χ2n) is 13.6. The number of carbonyl (C=O) groups excluding carboxylic acids is 2. The standard InChI is InChI=1S/C43H56N2O10/c1-7-11-34(32-28-39(50-4)41(52-6)40(29-32)51-5)42(46)45-19-9-8-14-35(45)43(47)55-36(17-15-30-16-18-37(48-2)38(26-30)49-3)31-12-10-13-33(27-31)54-25-22-44-20-23-53-24-21-44/h7,10,12-13,16,18,26-29,34-36H,1,8-9,11,14-15,17,19-25H2,2-6H3/t34-,35?,36+/m0/s1. The second kappa shape index (κ2) is 20.7. The lowest BCUT2D eigenvalue weighted by atomic mass is 9.91. The third kappa shape index (κ3) is 10.6. The Balaban J connectivity index is 1.38. The fourth-order valence-corrected chi connectivity index (χ4v) is 7.26. The topological polar surface area (TPSA) is 114 Å². The van der Waals surface area contributed by atoms with Gasteiger partial charge in [0.15, 0.2) is 23.0 Å². The maximum Gasteiger partial charge on any atom is 0.329 e. The van der Waals surface area contributed by atoms with Crippen LogP contribution in [0.25, 0.3) is 0 Å². The lowest BCUT2D eigenvalue weighted by Crippen LogP contribution is -2.50. The van der Waals surface area contributed by atoms with Gasteiger partial charge in [-0.1, -0.05) is 24.3 Å². The molecule has 0 saturated carbocycles. The zero-order valence-electron chi connectivity index (χ0n) is 32.9. The zero-order valence-corrected chi connectivity index (χ0v) is 32.9. The number of aryl methyl sites for hydroxylation is 1. The molecule has 2 aliphatic heterocycles. The van der Waals surface area contributed by atoms with E-state index in [1.807, 2.05) is 42.5 Å². The Morgan fingerprint density at radius 2 is 1.56 bits per heavy atom. The fourth-order valence-electron chi connectivity index (χ4n) is 7.26. The molecule has 1 unspecified atom stereocenters. The first-order valence-electron chi connectivity index (χ1n) is 19.0. The fraction of sp³-hybridized carbons (Fsp3) is 0.488. The molecule has 5 rings (SSSR count). The number of allylic oxidation sites excluding steroid dienone is 1. The number of morpholine rings is 1. The molecule has 0 aliphatic carbocycles. The van der Waals surface area contributed by atoms with Gasteiger partial charge in [-0.3, -0.25) is 9.69 Å². The van der Waals surface area contributed by atoms with E-state index in [2.05, 4.69) is 11.5 Å². The number of ether oxygens (including phenoxy) is 8. The highest BCUT2D eigenvalue weighted by molar-refractivity contribution is 5.89. The summed E-state index contributed by atoms with van der Waals surface area (Å²) in [6.07, 6.45) is 4.60. The molecule has 2 saturated heterocycles. The minimum Gasteiger partial charge on any atom is -0.493 e. The zero-order chi connectivity index (χ0) is 39.2. The molecule has 0 spiro atoms. The molecule has 0 bridgehead atoms. The van der Waals surface area contributed by atoms with Gasteiger partial charge in [0, 0.05) is 26.2 Å². The van der Waals surface area contributed by atoms with E-state index in [1.54, 1.807) is 37.3 Å². The summed E-state index contributed by atoms with van der Waals surface area (Å²) in [6.45, 7) is 8.90. The molecule has 2 heterocycles. The van der Waals surface area contributed by atoms with Gasteiger partial charge in [-0.25, -0.2) is 4.79 Å². The van der Waals surface area contributed by atoms with E-state index < -0.39 is 24.0 Å². The number of carbonyl (C=O) groups is 2. The molecule has 55 heavy (non-hydrogen) atoms. The number of piperidine rings is 1. The molecule has 3 atom stereocenters. The van der Waals surface area contributed by atoms with E-state index >= 15 is 0 Å². The summed E-state index contributed by atoms with van der Waals surface area (Å²) in [5, 5.41) is 0. The Labute approximate surface area is 325 Å². The van der Waals surface area contributed by atoms with Gasteiger partial charge in [0.1, 0.15) is 24.5 Å². The largest absolute Gasteiger partial charge is 0.493 e. The van der Waals surface area contributed by atoms with Crippen LogP contribution >= 0.6 is 0 Å². The maximum atomic E-state index is 14.5. The first-order valence-corrected chi connectivity index (χ1v) is 19.0. The summed E-state index contributed by atoms with van der Waals surface area (Å²) in [6, 6.07) is 16.3. The summed E-state index contributed by atoms with van der Waals surface area (Å²) in [5.74, 6) is 2.03. The van der Waals surface area contributed by atoms with Gasteiger partial charge in [-0.05, 0) is 91.6 Å². The minimum absolute atomic E-state index is 0.187. The van der Waals surface area contributed by atoms with Crippen molar-refractivity contribution in [2.75, 3.05) is 81.5 Å². The Bertz CT molecular complexity index is 1700. The molecule has 298 valence electrons. The molecule has 12 nitrogen and oxygen atoms in total. The van der Waals surface area contributed by atoms with Crippen LogP contribution in [-0.4, -0.2) is 109 Å². The molecule has 1 amide bonds. The van der Waals surface area contributed by atoms with Crippen molar-refractivity contribution in [3.8, 4) is 34.5 Å². The average molecular weight is 761 g/mol. The van der Waals surface area contributed by atoms with E-state index in [-0.39, 0.29) is 5.91 Å². The first kappa shape index (κ1) is 41.2. The number of benzene rings is 3. The quantitative estimate of drug-likeness (QED) is 0.1000. The van der Waals surface area contributed by atoms with Crippen molar-refractivity contribution in [1.82, 2.24) is 9.80 Å². The maximum absolute atomic E-state index is 14.5. The van der Waals surface area contributed by atoms with Crippen LogP contribution in [0.5, 0.6) is 34.5 Å². The van der Waals surface area contributed by atoms with Crippen LogP contribution in [0.4, 0.5) is 0 Å². The van der Waals surface area contributed by atoms with Gasteiger partial charge in [-0.15, -0.1) is 6.58 Å². The number of amides is 1. The Kier molecular flexibility index (Phi) is 15.5. The number of esters is 1. The van der Waals surface area contributed by atoms with Crippen LogP contribution in [0.3, 0.4) is 0 Å². The molecule has 0 aromatic heterocycles. The van der Waals surface area contributed by atoms with Gasteiger partial charge in [0.2, 0.25) is 11.7 Å². The van der Waals surface area contributed by atoms with E-state index in [0.29, 0.717) is 78.9 Å². The Morgan fingerprint density at radius 1 is 0.836 bits per heavy atom. The monoisotopic (exact) mass is 760 g/mol. The second-order valence-corrected chi connectivity index (χ2v) is 13.6. The third-order valence-electron chi connectivity index (χ3n) is 10.3. The number of hydrogen-bond acceptors (Lipinski definition) is 11. The molecule has 2 fully saturated rings. The predicted molar refractivity (Wildman–Crippen MR) is 209 cm³/mol. The number of nitrogens with zero attached hydrogens (tertiary/aromatic N) is 2. The van der Waals surface area contributed by atoms with Crippen molar-refractivity contribution in [3.05, 3.63) is 83.9 Å². The van der Waals surface area contributed by atoms with Crippen molar-refractivity contribution in [2.45, 2.75) is 56.6 Å². The SMILES string of the molecule is C=CC[C@H](C(=O)N1CCCCC1C(=O)O[C@H](CCc1ccc(OC)c(OC)c1)c1cccc(OCCN2CCOCC2)c1)c1cc(OC)c(OC)c(OC)c1. The normalized spacial score (nSPS) is 17.0. The summed E-state index contributed by atoms with van der Waals surface area (Å²) in [5.41, 5.74) is 2.49. The smallest absolute Gasteiger partial charge is 0.329 e. The van der Waals surface area contributed by atoms with Crippen LogP contribution in [0.1, 0.15) is 60.8 Å². The van der Waals surface area contributed by atoms with Gasteiger partial charge in [0.25, 0.3) is 0 Å². The van der Waals surface area contributed by atoms with Crippen molar-refractivity contribution in [2.24, 2.45) is 0 Å². The van der Waals surface area contributed by atoms with Crippen molar-refractivity contribution < 1.29 is 47.5 Å². The number of methoxy groups -OCH3 is 5. The molecular formula is C43H56N2O10. The molecule has 3 aromatic rings. The van der Waals surface area contributed by atoms with E-state index in [0.717, 1.165) is 56.8 Å². The van der Waals surface area contributed by atoms with Crippen molar-refractivity contribution >= 4 is 11.9 Å². The van der Waals surface area contributed by atoms with Crippen LogP contribution < -0.4 is 28.4 Å². The Hall–Kier alpha value is -4.94. The van der Waals surface area contributed by atoms with E-state index in [4.69, 9.17) is 37.9 Å². The number of likely N-dealkylation sites (tertiary alicyclic amines) is 1. The lowest BCUT2D eigenvalue weighted by Gasteiger charge is -2.37. The molecule has 2 aliphatic rings. The highest BCUT2D eigenvalue weighted by Crippen LogP contribution is 2.42. The number of rotatable bonds is 19. The summed E-state index contributed by atoms with van der Waals surface area (Å²) in [4.78, 5) is 32.9. The molecule has 3 aromatic carbocycles. The lowest BCUT2D eigenvalue weighted by molar-refractivity contribution is -0.162. The molecule has 12 heteroatoms. The summed E-state index contributed by atoms with van der Waals surface area (Å²) >= 11 is 0. The molecular weight excluding hydrogens is 704 g/mol. The summed E-state index contributed by atoms with van der Waals surface area (Å²) in [7, 11) is 7.82. The third-order valence-corrected chi connectivity index (χ3v) is 10.3. The highest BCUT2D eigenvalue weighted by atomic mass is 16.5. The number of hydrogen-bond donors (Lipinski definition) is 0. The Morgan fingerprint density at radius 3 is 2.24 bits per heavy atom. The van der Waals surface area contributed by atoms with Gasteiger partial charge in [0.05, 0.1) is 54.7 Å². The first-order chi connectivity index (χ1) is 26.8. The average Bonchev–Trinajstić information content (AvgIpc) is 3.23.